The largest absolute Gasteiger partial charge is 0.496 e. The van der Waals surface area contributed by atoms with E-state index in [0.29, 0.717) is 0 Å². The lowest BCUT2D eigenvalue weighted by Gasteiger charge is -2.11. The fourth-order valence-corrected chi connectivity index (χ4v) is 2.18. The van der Waals surface area contributed by atoms with Gasteiger partial charge in [0.1, 0.15) is 5.75 Å². The number of hydrogen-bond donors (Lipinski definition) is 0. The summed E-state index contributed by atoms with van der Waals surface area (Å²) in [6, 6.07) is 4.19. The summed E-state index contributed by atoms with van der Waals surface area (Å²) in [7, 11) is 3.52. The number of benzene rings is 1. The van der Waals surface area contributed by atoms with Crippen LogP contribution in [-0.2, 0) is 0 Å². The minimum Gasteiger partial charge on any atom is -0.496 e. The summed E-state index contributed by atoms with van der Waals surface area (Å²) < 4.78 is 5.28. The van der Waals surface area contributed by atoms with Crippen molar-refractivity contribution >= 4 is 16.8 Å². The highest BCUT2D eigenvalue weighted by Crippen LogP contribution is 2.25. The van der Waals surface area contributed by atoms with Crippen LogP contribution in [0.4, 0.5) is 0 Å². The summed E-state index contributed by atoms with van der Waals surface area (Å²) in [4.78, 5) is 4.27. The third-order valence-corrected chi connectivity index (χ3v) is 3.16. The Morgan fingerprint density at radius 2 is 1.93 bits per heavy atom. The Kier molecular flexibility index (Phi) is 4.21. The molecule has 0 aliphatic rings. The van der Waals surface area contributed by atoms with Crippen molar-refractivity contribution in [1.29, 1.82) is 0 Å². The van der Waals surface area contributed by atoms with Crippen LogP contribution in [0.25, 0.3) is 0 Å². The van der Waals surface area contributed by atoms with Crippen LogP contribution in [-0.4, -0.2) is 25.5 Å². The molecule has 0 aromatic heterocycles. The van der Waals surface area contributed by atoms with Crippen molar-refractivity contribution in [1.82, 2.24) is 0 Å². The monoisotopic (exact) mass is 223 g/mol. The van der Waals surface area contributed by atoms with Gasteiger partial charge in [0.05, 0.1) is 12.2 Å². The van der Waals surface area contributed by atoms with Crippen molar-refractivity contribution in [2.75, 3.05) is 20.4 Å². The Morgan fingerprint density at radius 1 is 1.27 bits per heavy atom. The Morgan fingerprint density at radius 3 is 2.40 bits per heavy atom. The number of methoxy groups -OCH3 is 1. The van der Waals surface area contributed by atoms with Crippen molar-refractivity contribution in [2.24, 2.45) is 4.99 Å². The van der Waals surface area contributed by atoms with Crippen molar-refractivity contribution in [3.63, 3.8) is 0 Å². The third-order valence-electron chi connectivity index (χ3n) is 2.37. The van der Waals surface area contributed by atoms with Crippen molar-refractivity contribution < 1.29 is 4.74 Å². The lowest BCUT2D eigenvalue weighted by atomic mass is 10.1. The van der Waals surface area contributed by atoms with Gasteiger partial charge in [0.25, 0.3) is 0 Å². The highest BCUT2D eigenvalue weighted by atomic mass is 32.2. The first-order valence-corrected chi connectivity index (χ1v) is 6.03. The second kappa shape index (κ2) is 5.21. The van der Waals surface area contributed by atoms with E-state index in [2.05, 4.69) is 31.0 Å². The van der Waals surface area contributed by atoms with Crippen LogP contribution in [0.1, 0.15) is 16.7 Å². The molecule has 0 radical (unpaired) electrons. The zero-order valence-corrected chi connectivity index (χ0v) is 10.7. The molecule has 1 aromatic rings. The average molecular weight is 223 g/mol. The molecule has 0 atom stereocenters. The molecule has 0 N–H and O–H groups in total. The van der Waals surface area contributed by atoms with E-state index in [9.17, 15) is 0 Å². The lowest BCUT2D eigenvalue weighted by molar-refractivity contribution is 0.411. The second-order valence-corrected chi connectivity index (χ2v) is 4.16. The first-order chi connectivity index (χ1) is 7.13. The number of aliphatic imine (C=N–C) groups is 1. The molecule has 1 rings (SSSR count). The number of thioether (sulfide) groups is 1. The zero-order chi connectivity index (χ0) is 11.4. The first-order valence-electron chi connectivity index (χ1n) is 4.80. The quantitative estimate of drug-likeness (QED) is 0.568. The summed E-state index contributed by atoms with van der Waals surface area (Å²) in [6.07, 6.45) is 2.04. The highest BCUT2D eigenvalue weighted by molar-refractivity contribution is 8.13. The molecule has 82 valence electrons. The molecule has 0 saturated heterocycles. The van der Waals surface area contributed by atoms with Crippen LogP contribution in [0.5, 0.6) is 5.75 Å². The SMILES string of the molecule is CN=C(SC)c1cc(C)c(OC)cc1C. The summed E-state index contributed by atoms with van der Waals surface area (Å²) in [5.74, 6) is 0.938. The Hall–Kier alpha value is -0.960. The number of hydrogen-bond acceptors (Lipinski definition) is 3. The molecule has 0 saturated carbocycles. The van der Waals surface area contributed by atoms with Gasteiger partial charge in [-0.25, -0.2) is 0 Å². The average Bonchev–Trinajstić information content (AvgIpc) is 2.24. The summed E-state index contributed by atoms with van der Waals surface area (Å²) in [6.45, 7) is 4.13. The van der Waals surface area contributed by atoms with Crippen molar-refractivity contribution in [3.8, 4) is 5.75 Å². The van der Waals surface area contributed by atoms with Gasteiger partial charge in [0.15, 0.2) is 0 Å². The van der Waals surface area contributed by atoms with E-state index in [-0.39, 0.29) is 0 Å². The molecule has 0 aliphatic heterocycles. The standard InChI is InChI=1S/C12H17NOS/c1-8-7-11(14-4)9(2)6-10(8)12(13-3)15-5/h6-7H,1-5H3. The van der Waals surface area contributed by atoms with E-state index >= 15 is 0 Å². The fraction of sp³-hybridized carbons (Fsp3) is 0.417. The van der Waals surface area contributed by atoms with Crippen molar-refractivity contribution in [2.45, 2.75) is 13.8 Å². The number of rotatable bonds is 2. The van der Waals surface area contributed by atoms with Crippen LogP contribution in [0.3, 0.4) is 0 Å². The summed E-state index contributed by atoms with van der Waals surface area (Å²) in [5.41, 5.74) is 3.55. The van der Waals surface area contributed by atoms with Gasteiger partial charge in [-0.15, -0.1) is 11.8 Å². The van der Waals surface area contributed by atoms with Gasteiger partial charge in [-0.2, -0.15) is 0 Å². The molecule has 0 amide bonds. The molecule has 0 fully saturated rings. The van der Waals surface area contributed by atoms with Crippen LogP contribution >= 0.6 is 11.8 Å². The molecular formula is C12H17NOS. The molecule has 15 heavy (non-hydrogen) atoms. The summed E-state index contributed by atoms with van der Waals surface area (Å²) in [5, 5.41) is 1.07. The Bertz CT molecular complexity index is 385. The molecule has 0 heterocycles. The van der Waals surface area contributed by atoms with Gasteiger partial charge in [-0.3, -0.25) is 4.99 Å². The van der Waals surface area contributed by atoms with Crippen molar-refractivity contribution in [3.05, 3.63) is 28.8 Å². The van der Waals surface area contributed by atoms with E-state index < -0.39 is 0 Å². The van der Waals surface area contributed by atoms with E-state index in [1.54, 1.807) is 18.9 Å². The van der Waals surface area contributed by atoms with Crippen LogP contribution < -0.4 is 4.74 Å². The molecule has 0 bridgehead atoms. The molecule has 0 unspecified atom stereocenters. The Labute approximate surface area is 95.8 Å². The van der Waals surface area contributed by atoms with Gasteiger partial charge >= 0.3 is 0 Å². The van der Waals surface area contributed by atoms with Crippen LogP contribution in [0.15, 0.2) is 17.1 Å². The number of aryl methyl sites for hydroxylation is 2. The van der Waals surface area contributed by atoms with Gasteiger partial charge in [-0.1, -0.05) is 0 Å². The normalized spacial score (nSPS) is 11.7. The maximum atomic E-state index is 5.28. The van der Waals surface area contributed by atoms with E-state index in [0.717, 1.165) is 16.4 Å². The van der Waals surface area contributed by atoms with Gasteiger partial charge < -0.3 is 4.74 Å². The molecular weight excluding hydrogens is 206 g/mol. The molecule has 3 heteroatoms. The number of ether oxygens (including phenoxy) is 1. The Balaban J connectivity index is 3.27. The second-order valence-electron chi connectivity index (χ2n) is 3.37. The predicted molar refractivity (Wildman–Crippen MR) is 68.4 cm³/mol. The van der Waals surface area contributed by atoms with Crippen LogP contribution in [0, 0.1) is 13.8 Å². The van der Waals surface area contributed by atoms with Crippen LogP contribution in [0.2, 0.25) is 0 Å². The van der Waals surface area contributed by atoms with E-state index in [4.69, 9.17) is 4.74 Å². The fourth-order valence-electron chi connectivity index (χ4n) is 1.56. The van der Waals surface area contributed by atoms with E-state index in [1.165, 1.54) is 11.1 Å². The molecule has 1 aromatic carbocycles. The van der Waals surface area contributed by atoms with E-state index in [1.807, 2.05) is 13.3 Å². The van der Waals surface area contributed by atoms with Gasteiger partial charge in [0.2, 0.25) is 0 Å². The smallest absolute Gasteiger partial charge is 0.122 e. The molecule has 0 aliphatic carbocycles. The molecule has 0 spiro atoms. The maximum absolute atomic E-state index is 5.28. The lowest BCUT2D eigenvalue weighted by Crippen LogP contribution is -2.00. The summed E-state index contributed by atoms with van der Waals surface area (Å²) >= 11 is 1.67. The maximum Gasteiger partial charge on any atom is 0.122 e. The van der Waals surface area contributed by atoms with Gasteiger partial charge in [-0.05, 0) is 43.4 Å². The minimum absolute atomic E-state index is 0.938. The highest BCUT2D eigenvalue weighted by Gasteiger charge is 2.08. The first kappa shape index (κ1) is 12.1. The van der Waals surface area contributed by atoms with Gasteiger partial charge in [0, 0.05) is 12.6 Å². The third kappa shape index (κ3) is 2.53. The topological polar surface area (TPSA) is 21.6 Å². The zero-order valence-electron chi connectivity index (χ0n) is 9.92. The predicted octanol–water partition coefficient (Wildman–Crippen LogP) is 3.05. The molecule has 2 nitrogen and oxygen atoms in total. The number of nitrogens with zero attached hydrogens (tertiary/aromatic N) is 1. The minimum atomic E-state index is 0.938.